The van der Waals surface area contributed by atoms with Crippen LogP contribution in [0.4, 0.5) is 0 Å². The fourth-order valence-electron chi connectivity index (χ4n) is 4.69. The highest BCUT2D eigenvalue weighted by Crippen LogP contribution is 2.40. The molecule has 1 nitrogen and oxygen atoms in total. The van der Waals surface area contributed by atoms with Crippen molar-refractivity contribution in [2.24, 2.45) is 11.8 Å². The van der Waals surface area contributed by atoms with Crippen molar-refractivity contribution in [2.45, 2.75) is 91.6 Å². The van der Waals surface area contributed by atoms with E-state index in [1.54, 1.807) is 16.7 Å². The third-order valence-corrected chi connectivity index (χ3v) is 6.13. The molecule has 0 saturated carbocycles. The molecular weight excluding hydrogens is 280 g/mol. The van der Waals surface area contributed by atoms with Crippen LogP contribution in [0.15, 0.2) is 34.4 Å². The second-order valence-corrected chi connectivity index (χ2v) is 7.26. The van der Waals surface area contributed by atoms with Crippen LogP contribution in [-0.4, -0.2) is 11.2 Å². The maximum Gasteiger partial charge on any atom is 0.0755 e. The van der Waals surface area contributed by atoms with E-state index >= 15 is 0 Å². The Hall–Kier alpha value is -0.820. The Morgan fingerprint density at radius 2 is 1.61 bits per heavy atom. The molecule has 0 fully saturated rings. The highest BCUT2D eigenvalue weighted by Gasteiger charge is 2.27. The van der Waals surface area contributed by atoms with Crippen LogP contribution < -0.4 is 0 Å². The Labute approximate surface area is 143 Å². The van der Waals surface area contributed by atoms with Crippen LogP contribution in [-0.2, 0) is 0 Å². The molecule has 0 aromatic rings. The molecule has 0 heterocycles. The second-order valence-electron chi connectivity index (χ2n) is 7.26. The monoisotopic (exact) mass is 316 g/mol. The van der Waals surface area contributed by atoms with Crippen molar-refractivity contribution in [1.82, 2.24) is 0 Å². The molecule has 23 heavy (non-hydrogen) atoms. The van der Waals surface area contributed by atoms with Crippen LogP contribution in [0.2, 0.25) is 0 Å². The van der Waals surface area contributed by atoms with Crippen molar-refractivity contribution in [3.05, 3.63) is 34.4 Å². The number of aliphatic hydroxyl groups excluding tert-OH is 1. The number of rotatable bonds is 6. The topological polar surface area (TPSA) is 20.2 Å². The van der Waals surface area contributed by atoms with Crippen LogP contribution in [0, 0.1) is 11.8 Å². The lowest BCUT2D eigenvalue weighted by Crippen LogP contribution is -2.23. The van der Waals surface area contributed by atoms with Crippen molar-refractivity contribution in [2.75, 3.05) is 0 Å². The SMILES string of the molecule is CCC1=CCC(/C(CC)=C(\CC)C2CC=C(CC)C(O)C2)CC1. The summed E-state index contributed by atoms with van der Waals surface area (Å²) in [6.07, 6.45) is 15.1. The molecular formula is C22H36O. The van der Waals surface area contributed by atoms with Crippen molar-refractivity contribution in [3.8, 4) is 0 Å². The van der Waals surface area contributed by atoms with Gasteiger partial charge in [-0.1, -0.05) is 56.6 Å². The van der Waals surface area contributed by atoms with Gasteiger partial charge in [-0.2, -0.15) is 0 Å². The summed E-state index contributed by atoms with van der Waals surface area (Å²) in [6, 6.07) is 0. The third kappa shape index (κ3) is 4.38. The maximum absolute atomic E-state index is 10.4. The Balaban J connectivity index is 2.20. The molecule has 0 spiro atoms. The first-order valence-electron chi connectivity index (χ1n) is 9.91. The molecule has 1 heteroatoms. The fraction of sp³-hybridized carbons (Fsp3) is 0.727. The highest BCUT2D eigenvalue weighted by atomic mass is 16.3. The molecule has 0 amide bonds. The molecule has 3 atom stereocenters. The molecule has 3 unspecified atom stereocenters. The van der Waals surface area contributed by atoms with Crippen molar-refractivity contribution in [3.63, 3.8) is 0 Å². The van der Waals surface area contributed by atoms with Gasteiger partial charge in [0.25, 0.3) is 0 Å². The van der Waals surface area contributed by atoms with Crippen LogP contribution in [0.25, 0.3) is 0 Å². The average Bonchev–Trinajstić information content (AvgIpc) is 2.59. The van der Waals surface area contributed by atoms with Gasteiger partial charge in [-0.25, -0.2) is 0 Å². The first-order chi connectivity index (χ1) is 11.1. The first-order valence-corrected chi connectivity index (χ1v) is 9.91. The minimum absolute atomic E-state index is 0.212. The van der Waals surface area contributed by atoms with Gasteiger partial charge in [0.2, 0.25) is 0 Å². The molecule has 0 aromatic heterocycles. The van der Waals surface area contributed by atoms with Gasteiger partial charge in [-0.3, -0.25) is 0 Å². The van der Waals surface area contributed by atoms with Gasteiger partial charge in [0.05, 0.1) is 6.10 Å². The van der Waals surface area contributed by atoms with Crippen LogP contribution in [0.1, 0.15) is 85.5 Å². The van der Waals surface area contributed by atoms with Gasteiger partial charge in [-0.15, -0.1) is 0 Å². The smallest absolute Gasteiger partial charge is 0.0755 e. The fourth-order valence-corrected chi connectivity index (χ4v) is 4.69. The summed E-state index contributed by atoms with van der Waals surface area (Å²) in [5, 5.41) is 10.4. The van der Waals surface area contributed by atoms with E-state index in [4.69, 9.17) is 0 Å². The van der Waals surface area contributed by atoms with Crippen molar-refractivity contribution in [1.29, 1.82) is 0 Å². The lowest BCUT2D eigenvalue weighted by Gasteiger charge is -2.33. The van der Waals surface area contributed by atoms with Gasteiger partial charge in [-0.05, 0) is 75.2 Å². The van der Waals surface area contributed by atoms with E-state index in [0.29, 0.717) is 5.92 Å². The average molecular weight is 317 g/mol. The molecule has 0 bridgehead atoms. The van der Waals surface area contributed by atoms with Crippen LogP contribution in [0.5, 0.6) is 0 Å². The van der Waals surface area contributed by atoms with Gasteiger partial charge in [0, 0.05) is 0 Å². The summed E-state index contributed by atoms with van der Waals surface area (Å²) in [5.74, 6) is 1.32. The normalized spacial score (nSPS) is 29.7. The maximum atomic E-state index is 10.4. The van der Waals surface area contributed by atoms with Gasteiger partial charge in [0.15, 0.2) is 0 Å². The van der Waals surface area contributed by atoms with E-state index in [9.17, 15) is 5.11 Å². The molecule has 0 aliphatic heterocycles. The van der Waals surface area contributed by atoms with E-state index in [2.05, 4.69) is 39.8 Å². The summed E-state index contributed by atoms with van der Waals surface area (Å²) in [6.45, 7) is 9.08. The largest absolute Gasteiger partial charge is 0.389 e. The van der Waals surface area contributed by atoms with Crippen molar-refractivity contribution < 1.29 is 5.11 Å². The molecule has 0 aromatic carbocycles. The molecule has 0 saturated heterocycles. The van der Waals surface area contributed by atoms with Gasteiger partial charge < -0.3 is 5.11 Å². The zero-order valence-electron chi connectivity index (χ0n) is 15.7. The molecule has 2 aliphatic carbocycles. The van der Waals surface area contributed by atoms with E-state index in [-0.39, 0.29) is 6.10 Å². The van der Waals surface area contributed by atoms with E-state index in [0.717, 1.165) is 31.6 Å². The number of hydrogen-bond acceptors (Lipinski definition) is 1. The van der Waals surface area contributed by atoms with Gasteiger partial charge in [0.1, 0.15) is 0 Å². The zero-order chi connectivity index (χ0) is 16.8. The van der Waals surface area contributed by atoms with Gasteiger partial charge >= 0.3 is 0 Å². The predicted octanol–water partition coefficient (Wildman–Crippen LogP) is 6.35. The van der Waals surface area contributed by atoms with Crippen LogP contribution >= 0.6 is 0 Å². The molecule has 2 rings (SSSR count). The summed E-state index contributed by atoms with van der Waals surface area (Å²) in [5.41, 5.74) is 6.28. The number of allylic oxidation sites excluding steroid dienone is 5. The van der Waals surface area contributed by atoms with Crippen LogP contribution in [0.3, 0.4) is 0 Å². The summed E-state index contributed by atoms with van der Waals surface area (Å²) in [7, 11) is 0. The molecule has 2 aliphatic rings. The molecule has 0 radical (unpaired) electrons. The summed E-state index contributed by atoms with van der Waals surface area (Å²) >= 11 is 0. The number of hydrogen-bond donors (Lipinski definition) is 1. The molecule has 130 valence electrons. The Morgan fingerprint density at radius 3 is 2.09 bits per heavy atom. The lowest BCUT2D eigenvalue weighted by atomic mass is 9.74. The second kappa shape index (κ2) is 8.87. The highest BCUT2D eigenvalue weighted by molar-refractivity contribution is 5.26. The summed E-state index contributed by atoms with van der Waals surface area (Å²) in [4.78, 5) is 0. The van der Waals surface area contributed by atoms with E-state index in [1.165, 1.54) is 37.7 Å². The first kappa shape index (κ1) is 18.5. The van der Waals surface area contributed by atoms with E-state index in [1.807, 2.05) is 0 Å². The Morgan fingerprint density at radius 1 is 0.957 bits per heavy atom. The third-order valence-electron chi connectivity index (χ3n) is 6.13. The quantitative estimate of drug-likeness (QED) is 0.566. The summed E-state index contributed by atoms with van der Waals surface area (Å²) < 4.78 is 0. The van der Waals surface area contributed by atoms with Crippen molar-refractivity contribution >= 4 is 0 Å². The Bertz CT molecular complexity index is 480. The molecule has 1 N–H and O–H groups in total. The standard InChI is InChI=1S/C22H36O/c1-5-16-9-11-18(12-10-16)20(7-3)21(8-4)19-14-13-17(6-2)22(23)15-19/h9,13,18-19,22-23H,5-8,10-12,14-15H2,1-4H3/b21-20+. The zero-order valence-corrected chi connectivity index (χ0v) is 15.7. The van der Waals surface area contributed by atoms with E-state index < -0.39 is 0 Å². The minimum atomic E-state index is -0.212. The minimum Gasteiger partial charge on any atom is -0.389 e. The predicted molar refractivity (Wildman–Crippen MR) is 100 cm³/mol. The lowest BCUT2D eigenvalue weighted by molar-refractivity contribution is 0.170. The Kier molecular flexibility index (Phi) is 7.14. The number of aliphatic hydroxyl groups is 1.